The predicted octanol–water partition coefficient (Wildman–Crippen LogP) is 1.37. The number of carbonyl (C=O) groups is 1. The maximum absolute atomic E-state index is 12.0. The number of amides is 1. The Labute approximate surface area is 115 Å². The van der Waals surface area contributed by atoms with Crippen molar-refractivity contribution in [3.8, 4) is 5.75 Å². The normalized spacial score (nSPS) is 13.9. The Morgan fingerprint density at radius 3 is 2.68 bits per heavy atom. The fraction of sp³-hybridized carbons (Fsp3) is 0.286. The third-order valence-electron chi connectivity index (χ3n) is 3.27. The van der Waals surface area contributed by atoms with Crippen LogP contribution in [-0.2, 0) is 12.8 Å². The highest BCUT2D eigenvalue weighted by Crippen LogP contribution is 2.22. The average molecular weight is 274 g/mol. The predicted molar refractivity (Wildman–Crippen MR) is 70.7 cm³/mol. The molecule has 1 amide bonds. The van der Waals surface area contributed by atoms with Crippen LogP contribution in [-0.4, -0.2) is 5.91 Å². The van der Waals surface area contributed by atoms with E-state index in [1.54, 1.807) is 27.7 Å². The van der Waals surface area contributed by atoms with Crippen molar-refractivity contribution in [1.82, 2.24) is 0 Å². The highest BCUT2D eigenvalue weighted by atomic mass is 32.1. The molecule has 4 nitrogen and oxygen atoms in total. The lowest BCUT2D eigenvalue weighted by Gasteiger charge is -2.04. The molecule has 2 aromatic rings. The van der Waals surface area contributed by atoms with E-state index >= 15 is 0 Å². The molecular formula is C14H14N2O2S. The molecule has 0 saturated carbocycles. The number of nitrogens with one attached hydrogen (secondary N) is 1. The Balaban J connectivity index is 1.75. The first-order valence-corrected chi connectivity index (χ1v) is 7.12. The van der Waals surface area contributed by atoms with Crippen molar-refractivity contribution >= 4 is 17.4 Å². The van der Waals surface area contributed by atoms with Gasteiger partial charge in [-0.15, -0.1) is 11.2 Å². The first kappa shape index (κ1) is 12.2. The molecule has 0 bridgehead atoms. The molecule has 0 fully saturated rings. The number of fused-ring (bicyclic) bond motifs is 1. The Morgan fingerprint density at radius 1 is 1.21 bits per heavy atom. The number of carbonyl (C=O) groups excluding carboxylic acids is 1. The van der Waals surface area contributed by atoms with Crippen molar-refractivity contribution in [2.75, 3.05) is 5.43 Å². The van der Waals surface area contributed by atoms with Gasteiger partial charge in [0.25, 0.3) is 0 Å². The molecular weight excluding hydrogens is 260 g/mol. The molecule has 0 aliphatic heterocycles. The smallest absolute Gasteiger partial charge is 0.306 e. The van der Waals surface area contributed by atoms with Gasteiger partial charge in [-0.3, -0.25) is 4.79 Å². The quantitative estimate of drug-likeness (QED) is 0.841. The van der Waals surface area contributed by atoms with Crippen molar-refractivity contribution in [2.24, 2.45) is 0 Å². The number of rotatable bonds is 2. The summed E-state index contributed by atoms with van der Waals surface area (Å²) in [5.41, 5.74) is 4.67. The van der Waals surface area contributed by atoms with Crippen LogP contribution < -0.4 is 14.6 Å². The average Bonchev–Trinajstić information content (AvgIpc) is 2.81. The SMILES string of the molecule is O=C(N[n+]1cc2c(s1)CCCC2)c1ccc([O-])cc1. The van der Waals surface area contributed by atoms with Crippen molar-refractivity contribution in [2.45, 2.75) is 25.7 Å². The lowest BCUT2D eigenvalue weighted by molar-refractivity contribution is -0.569. The third-order valence-corrected chi connectivity index (χ3v) is 4.35. The molecule has 1 aromatic heterocycles. The molecule has 5 heteroatoms. The van der Waals surface area contributed by atoms with Crippen molar-refractivity contribution in [3.05, 3.63) is 46.5 Å². The summed E-state index contributed by atoms with van der Waals surface area (Å²) in [7, 11) is 0. The minimum absolute atomic E-state index is 0.0872. The Morgan fingerprint density at radius 2 is 1.95 bits per heavy atom. The van der Waals surface area contributed by atoms with Gasteiger partial charge in [-0.1, -0.05) is 12.1 Å². The van der Waals surface area contributed by atoms with E-state index in [-0.39, 0.29) is 11.7 Å². The van der Waals surface area contributed by atoms with Gasteiger partial charge in [0.15, 0.2) is 11.5 Å². The molecule has 0 radical (unpaired) electrons. The van der Waals surface area contributed by atoms with Gasteiger partial charge in [0.05, 0.1) is 4.88 Å². The maximum Gasteiger partial charge on any atom is 0.306 e. The topological polar surface area (TPSA) is 56.0 Å². The standard InChI is InChI=1S/C14H14N2O2S/c17-12-7-5-10(6-8-12)14(18)15-16-9-11-3-1-2-4-13(11)19-16/h5-9H,1-4H2,(H-,15,17,18). The Kier molecular flexibility index (Phi) is 3.21. The van der Waals surface area contributed by atoms with E-state index in [0.29, 0.717) is 5.56 Å². The van der Waals surface area contributed by atoms with Gasteiger partial charge < -0.3 is 5.11 Å². The number of hydrogen-bond donors (Lipinski definition) is 1. The zero-order chi connectivity index (χ0) is 13.2. The number of nitrogens with zero attached hydrogens (tertiary/aromatic N) is 1. The van der Waals surface area contributed by atoms with Crippen LogP contribution in [0, 0.1) is 0 Å². The monoisotopic (exact) mass is 274 g/mol. The Hall–Kier alpha value is -1.88. The summed E-state index contributed by atoms with van der Waals surface area (Å²) in [4.78, 5) is 13.4. The molecule has 3 rings (SSSR count). The molecule has 19 heavy (non-hydrogen) atoms. The van der Waals surface area contributed by atoms with E-state index in [1.807, 2.05) is 6.20 Å². The van der Waals surface area contributed by atoms with E-state index in [1.165, 1.54) is 35.4 Å². The van der Waals surface area contributed by atoms with E-state index in [4.69, 9.17) is 0 Å². The van der Waals surface area contributed by atoms with Crippen molar-refractivity contribution in [3.63, 3.8) is 0 Å². The van der Waals surface area contributed by atoms with Gasteiger partial charge in [0, 0.05) is 11.1 Å². The zero-order valence-corrected chi connectivity index (χ0v) is 11.2. The molecule has 1 heterocycles. The summed E-state index contributed by atoms with van der Waals surface area (Å²) in [5, 5.41) is 11.0. The van der Waals surface area contributed by atoms with Crippen LogP contribution in [0.5, 0.6) is 5.75 Å². The number of aromatic nitrogens is 1. The fourth-order valence-electron chi connectivity index (χ4n) is 2.25. The summed E-state index contributed by atoms with van der Waals surface area (Å²) in [6.07, 6.45) is 6.65. The number of benzene rings is 1. The van der Waals surface area contributed by atoms with Crippen LogP contribution in [0.25, 0.3) is 0 Å². The van der Waals surface area contributed by atoms with Crippen LogP contribution in [0.3, 0.4) is 0 Å². The number of aryl methyl sites for hydroxylation is 2. The fourth-order valence-corrected chi connectivity index (χ4v) is 3.31. The van der Waals surface area contributed by atoms with Gasteiger partial charge in [-0.05, 0) is 41.9 Å². The van der Waals surface area contributed by atoms with Crippen LogP contribution in [0.1, 0.15) is 33.6 Å². The summed E-state index contributed by atoms with van der Waals surface area (Å²) in [6, 6.07) is 5.90. The second kappa shape index (κ2) is 5.01. The van der Waals surface area contributed by atoms with E-state index < -0.39 is 0 Å². The van der Waals surface area contributed by atoms with Gasteiger partial charge in [-0.2, -0.15) is 0 Å². The maximum atomic E-state index is 12.0. The minimum Gasteiger partial charge on any atom is -0.872 e. The molecule has 0 spiro atoms. The summed E-state index contributed by atoms with van der Waals surface area (Å²) < 4.78 is 1.77. The van der Waals surface area contributed by atoms with E-state index in [9.17, 15) is 9.90 Å². The van der Waals surface area contributed by atoms with Crippen LogP contribution in [0.2, 0.25) is 0 Å². The van der Waals surface area contributed by atoms with Crippen LogP contribution in [0.15, 0.2) is 30.5 Å². The molecule has 0 unspecified atom stereocenters. The third kappa shape index (κ3) is 2.61. The largest absolute Gasteiger partial charge is 0.872 e. The molecule has 0 saturated heterocycles. The van der Waals surface area contributed by atoms with Crippen LogP contribution in [0.4, 0.5) is 0 Å². The molecule has 1 aliphatic rings. The second-order valence-electron chi connectivity index (χ2n) is 4.67. The molecule has 1 aliphatic carbocycles. The highest BCUT2D eigenvalue weighted by molar-refractivity contribution is 7.02. The van der Waals surface area contributed by atoms with Crippen molar-refractivity contribution in [1.29, 1.82) is 0 Å². The molecule has 98 valence electrons. The van der Waals surface area contributed by atoms with E-state index in [2.05, 4.69) is 5.43 Å². The summed E-state index contributed by atoms with van der Waals surface area (Å²) in [6.45, 7) is 0. The summed E-state index contributed by atoms with van der Waals surface area (Å²) in [5.74, 6) is -0.278. The lowest BCUT2D eigenvalue weighted by atomic mass is 10.0. The van der Waals surface area contributed by atoms with Gasteiger partial charge in [0.1, 0.15) is 0 Å². The molecule has 0 atom stereocenters. The second-order valence-corrected chi connectivity index (χ2v) is 5.74. The highest BCUT2D eigenvalue weighted by Gasteiger charge is 2.21. The van der Waals surface area contributed by atoms with E-state index in [0.717, 1.165) is 12.8 Å². The minimum atomic E-state index is -0.191. The first-order valence-electron chi connectivity index (χ1n) is 6.34. The van der Waals surface area contributed by atoms with Gasteiger partial charge in [-0.25, -0.2) is 0 Å². The zero-order valence-electron chi connectivity index (χ0n) is 10.4. The van der Waals surface area contributed by atoms with Crippen LogP contribution >= 0.6 is 11.5 Å². The van der Waals surface area contributed by atoms with Gasteiger partial charge >= 0.3 is 5.91 Å². The number of hydrogen-bond acceptors (Lipinski definition) is 3. The van der Waals surface area contributed by atoms with Gasteiger partial charge in [0.2, 0.25) is 6.20 Å². The molecule has 1 aromatic carbocycles. The summed E-state index contributed by atoms with van der Waals surface area (Å²) >= 11 is 1.58. The molecule has 1 N–H and O–H groups in total. The Bertz CT molecular complexity index is 581. The lowest BCUT2D eigenvalue weighted by Crippen LogP contribution is -2.44. The first-order chi connectivity index (χ1) is 9.22. The van der Waals surface area contributed by atoms with Crippen molar-refractivity contribution < 1.29 is 14.0 Å².